The molecule has 4 nitrogen and oxygen atoms in total. The first-order valence-electron chi connectivity index (χ1n) is 10.4. The van der Waals surface area contributed by atoms with Crippen molar-refractivity contribution in [3.8, 4) is 11.5 Å². The topological polar surface area (TPSA) is 77.8 Å². The molecule has 1 unspecified atom stereocenters. The van der Waals surface area contributed by atoms with Crippen molar-refractivity contribution in [1.82, 2.24) is 0 Å². The van der Waals surface area contributed by atoms with E-state index < -0.39 is 8.77 Å². The smallest absolute Gasteiger partial charge is 0.174 e. The minimum Gasteiger partial charge on any atom is -0.508 e. The Labute approximate surface area is 169 Å². The lowest BCUT2D eigenvalue weighted by molar-refractivity contribution is 0.437. The van der Waals surface area contributed by atoms with Crippen LogP contribution in [0.3, 0.4) is 0 Å². The Morgan fingerprint density at radius 3 is 1.67 bits per heavy atom. The summed E-state index contributed by atoms with van der Waals surface area (Å²) >= 11 is 4.45. The Bertz CT molecular complexity index is 642. The molecule has 1 rings (SSSR count). The number of hydrogen-bond acceptors (Lipinski definition) is 4. The van der Waals surface area contributed by atoms with Crippen molar-refractivity contribution in [2.24, 2.45) is 0 Å². The van der Waals surface area contributed by atoms with Gasteiger partial charge in [-0.25, -0.2) is 4.21 Å². The monoisotopic (exact) mass is 416 g/mol. The highest BCUT2D eigenvalue weighted by Crippen LogP contribution is 2.31. The van der Waals surface area contributed by atoms with Gasteiger partial charge < -0.3 is 14.8 Å². The maximum absolute atomic E-state index is 11.5. The minimum absolute atomic E-state index is 0.0756. The molecule has 27 heavy (non-hydrogen) atoms. The fourth-order valence-electron chi connectivity index (χ4n) is 3.34. The van der Waals surface area contributed by atoms with E-state index in [1.165, 1.54) is 76.7 Å². The van der Waals surface area contributed by atoms with E-state index in [0.717, 1.165) is 18.9 Å². The molecule has 0 heterocycles. The van der Waals surface area contributed by atoms with E-state index >= 15 is 0 Å². The van der Waals surface area contributed by atoms with Crippen molar-refractivity contribution in [1.29, 1.82) is 0 Å². The number of benzene rings is 1. The molecule has 0 aliphatic carbocycles. The van der Waals surface area contributed by atoms with Crippen LogP contribution in [0.4, 0.5) is 0 Å². The van der Waals surface area contributed by atoms with Gasteiger partial charge in [0.25, 0.3) is 0 Å². The summed E-state index contributed by atoms with van der Waals surface area (Å²) in [5.74, 6) is -0.395. The highest BCUT2D eigenvalue weighted by molar-refractivity contribution is 8.29. The van der Waals surface area contributed by atoms with E-state index in [2.05, 4.69) is 18.1 Å². The second kappa shape index (κ2) is 13.3. The zero-order chi connectivity index (χ0) is 20.1. The molecule has 1 aromatic carbocycles. The highest BCUT2D eigenvalue weighted by atomic mass is 32.8. The van der Waals surface area contributed by atoms with E-state index in [4.69, 9.17) is 0 Å². The molecule has 6 heteroatoms. The molecule has 0 radical (unpaired) electrons. The minimum atomic E-state index is -3.70. The van der Waals surface area contributed by atoms with Crippen LogP contribution in [-0.2, 0) is 26.4 Å². The van der Waals surface area contributed by atoms with Gasteiger partial charge in [-0.15, -0.1) is 0 Å². The second-order valence-corrected chi connectivity index (χ2v) is 10.2. The number of aryl methyl sites for hydroxylation is 1. The Hall–Kier alpha value is -0.850. The molecule has 0 aliphatic rings. The van der Waals surface area contributed by atoms with Gasteiger partial charge in [0.15, 0.2) is 8.77 Å². The summed E-state index contributed by atoms with van der Waals surface area (Å²) in [6.07, 6.45) is 17.2. The first kappa shape index (κ1) is 24.2. The van der Waals surface area contributed by atoms with Gasteiger partial charge in [-0.05, 0) is 24.5 Å². The third kappa shape index (κ3) is 10.3. The zero-order valence-corrected chi connectivity index (χ0v) is 18.3. The number of phenols is 2. The van der Waals surface area contributed by atoms with E-state index in [1.807, 2.05) is 0 Å². The van der Waals surface area contributed by atoms with Gasteiger partial charge in [-0.3, -0.25) is 0 Å². The Morgan fingerprint density at radius 1 is 0.778 bits per heavy atom. The summed E-state index contributed by atoms with van der Waals surface area (Å²) < 4.78 is 20.8. The van der Waals surface area contributed by atoms with Crippen molar-refractivity contribution < 1.29 is 19.0 Å². The molecule has 0 fully saturated rings. The molecule has 1 aromatic rings. The average molecular weight is 417 g/mol. The van der Waals surface area contributed by atoms with E-state index in [9.17, 15) is 19.0 Å². The van der Waals surface area contributed by atoms with Gasteiger partial charge in [0.2, 0.25) is 0 Å². The molecule has 156 valence electrons. The maximum atomic E-state index is 11.5. The van der Waals surface area contributed by atoms with Crippen LogP contribution < -0.4 is 0 Å². The molecule has 0 saturated carbocycles. The fourth-order valence-corrected chi connectivity index (χ4v) is 4.33. The predicted molar refractivity (Wildman–Crippen MR) is 116 cm³/mol. The second-order valence-electron chi connectivity index (χ2n) is 7.42. The molecular weight excluding hydrogens is 380 g/mol. The Morgan fingerprint density at radius 2 is 1.22 bits per heavy atom. The van der Waals surface area contributed by atoms with Crippen LogP contribution >= 0.6 is 0 Å². The van der Waals surface area contributed by atoms with Crippen LogP contribution in [0.25, 0.3) is 0 Å². The van der Waals surface area contributed by atoms with Crippen molar-refractivity contribution in [3.63, 3.8) is 0 Å². The van der Waals surface area contributed by atoms with Crippen molar-refractivity contribution in [2.45, 2.75) is 102 Å². The fraction of sp³-hybridized carbons (Fsp3) is 0.714. The summed E-state index contributed by atoms with van der Waals surface area (Å²) in [5, 5.41) is 19.8. The Balaban J connectivity index is 2.11. The average Bonchev–Trinajstić information content (AvgIpc) is 2.60. The molecule has 3 N–H and O–H groups in total. The number of phenolic OH excluding ortho intramolecular Hbond substituents is 2. The summed E-state index contributed by atoms with van der Waals surface area (Å²) in [6.45, 7) is 2.25. The first-order chi connectivity index (χ1) is 12.9. The first-order valence-corrected chi connectivity index (χ1v) is 12.8. The van der Waals surface area contributed by atoms with Crippen molar-refractivity contribution in [3.05, 3.63) is 17.7 Å². The van der Waals surface area contributed by atoms with Crippen LogP contribution in [0.1, 0.15) is 96.0 Å². The third-order valence-corrected chi connectivity index (χ3v) is 6.41. The number of aromatic hydroxyl groups is 2. The quantitative estimate of drug-likeness (QED) is 0.231. The number of hydrogen-bond donors (Lipinski definition) is 3. The van der Waals surface area contributed by atoms with Crippen molar-refractivity contribution in [2.75, 3.05) is 0 Å². The predicted octanol–water partition coefficient (Wildman–Crippen LogP) is 6.31. The molecule has 0 spiro atoms. The van der Waals surface area contributed by atoms with Crippen molar-refractivity contribution >= 4 is 20.0 Å². The number of unbranched alkanes of at least 4 members (excludes halogenated alkanes) is 12. The molecule has 1 atom stereocenters. The molecular formula is C21H36O4S2. The molecule has 0 saturated heterocycles. The molecule has 0 bridgehead atoms. The molecule has 0 aromatic heterocycles. The Kier molecular flexibility index (Phi) is 12.0. The van der Waals surface area contributed by atoms with Gasteiger partial charge in [0, 0.05) is 17.3 Å². The lowest BCUT2D eigenvalue weighted by Crippen LogP contribution is -1.98. The highest BCUT2D eigenvalue weighted by Gasteiger charge is 2.15. The zero-order valence-electron chi connectivity index (χ0n) is 16.6. The van der Waals surface area contributed by atoms with E-state index in [1.54, 1.807) is 0 Å². The summed E-state index contributed by atoms with van der Waals surface area (Å²) in [6, 6.07) is 2.47. The summed E-state index contributed by atoms with van der Waals surface area (Å²) in [7, 11) is -3.70. The largest absolute Gasteiger partial charge is 0.508 e. The van der Waals surface area contributed by atoms with Gasteiger partial charge in [0.1, 0.15) is 16.4 Å². The summed E-state index contributed by atoms with van der Waals surface area (Å²) in [5.41, 5.74) is 0.595. The maximum Gasteiger partial charge on any atom is 0.174 e. The lowest BCUT2D eigenvalue weighted by atomic mass is 10.0. The van der Waals surface area contributed by atoms with Gasteiger partial charge in [-0.2, -0.15) is 0 Å². The third-order valence-electron chi connectivity index (χ3n) is 4.99. The van der Waals surface area contributed by atoms with E-state index in [0.29, 0.717) is 12.0 Å². The normalized spacial score (nSPS) is 13.6. The van der Waals surface area contributed by atoms with Gasteiger partial charge in [0.05, 0.1) is 0 Å². The van der Waals surface area contributed by atoms with Crippen LogP contribution in [-0.4, -0.2) is 19.0 Å². The molecule has 0 aliphatic heterocycles. The van der Waals surface area contributed by atoms with E-state index in [-0.39, 0.29) is 16.4 Å². The standard InChI is InChI=1S/C21H36O4S2/c1-2-3-4-5-6-7-8-9-10-11-12-13-14-15-18-16-20(23)21(17-19(18)22)27(24,25)26/h16-17,22-23H,2-15H2,1H3,(H,24,25,26). The van der Waals surface area contributed by atoms with Crippen LogP contribution in [0.15, 0.2) is 17.0 Å². The SMILES string of the molecule is CCCCCCCCCCCCCCCc1cc(O)c(S(=O)(O)=S)cc1O. The van der Waals surface area contributed by atoms with Crippen LogP contribution in [0, 0.1) is 0 Å². The lowest BCUT2D eigenvalue weighted by Gasteiger charge is -2.09. The summed E-state index contributed by atoms with van der Waals surface area (Å²) in [4.78, 5) is -0.288. The van der Waals surface area contributed by atoms with Crippen LogP contribution in [0.5, 0.6) is 11.5 Å². The van der Waals surface area contributed by atoms with Gasteiger partial charge >= 0.3 is 0 Å². The van der Waals surface area contributed by atoms with Gasteiger partial charge in [-0.1, -0.05) is 84.0 Å². The molecule has 0 amide bonds. The number of rotatable bonds is 15. The van der Waals surface area contributed by atoms with Crippen LogP contribution in [0.2, 0.25) is 0 Å².